The Balaban J connectivity index is 2.69. The number of methoxy groups -OCH3 is 1. The third-order valence-corrected chi connectivity index (χ3v) is 3.11. The molecule has 0 atom stereocenters. The molecular weight excluding hydrogens is 252 g/mol. The van der Waals surface area contributed by atoms with Gasteiger partial charge in [0.15, 0.2) is 11.6 Å². The molecule has 1 aromatic carbocycles. The summed E-state index contributed by atoms with van der Waals surface area (Å²) >= 11 is 0. The van der Waals surface area contributed by atoms with Crippen molar-refractivity contribution in [1.82, 2.24) is 9.78 Å². The lowest BCUT2D eigenvalue weighted by molar-refractivity contribution is 0.383. The fraction of sp³-hybridized carbons (Fsp3) is 0.308. The number of ether oxygens (including phenoxy) is 1. The van der Waals surface area contributed by atoms with E-state index in [0.717, 1.165) is 17.8 Å². The predicted octanol–water partition coefficient (Wildman–Crippen LogP) is 2.14. The highest BCUT2D eigenvalue weighted by Crippen LogP contribution is 2.32. The lowest BCUT2D eigenvalue weighted by Gasteiger charge is -2.08. The summed E-state index contributed by atoms with van der Waals surface area (Å²) in [5, 5.41) is 4.19. The van der Waals surface area contributed by atoms with E-state index in [-0.39, 0.29) is 17.9 Å². The molecule has 1 aromatic heterocycles. The van der Waals surface area contributed by atoms with Gasteiger partial charge in [0, 0.05) is 36.5 Å². The number of rotatable bonds is 3. The molecule has 4 nitrogen and oxygen atoms in total. The van der Waals surface area contributed by atoms with Crippen molar-refractivity contribution in [2.24, 2.45) is 12.8 Å². The highest BCUT2D eigenvalue weighted by atomic mass is 19.1. The first kappa shape index (κ1) is 13.5. The lowest BCUT2D eigenvalue weighted by Crippen LogP contribution is -2.01. The average Bonchev–Trinajstić information content (AvgIpc) is 2.67. The second-order valence-corrected chi connectivity index (χ2v) is 4.20. The zero-order chi connectivity index (χ0) is 14.2. The zero-order valence-corrected chi connectivity index (χ0v) is 11.0. The third-order valence-electron chi connectivity index (χ3n) is 3.11. The van der Waals surface area contributed by atoms with Gasteiger partial charge in [0.05, 0.1) is 12.8 Å². The molecule has 0 fully saturated rings. The first-order valence-electron chi connectivity index (χ1n) is 5.75. The highest BCUT2D eigenvalue weighted by Gasteiger charge is 2.19. The van der Waals surface area contributed by atoms with Gasteiger partial charge >= 0.3 is 0 Å². The molecule has 0 unspecified atom stereocenters. The van der Waals surface area contributed by atoms with Gasteiger partial charge in [-0.3, -0.25) is 4.68 Å². The van der Waals surface area contributed by atoms with Crippen LogP contribution in [0, 0.1) is 18.6 Å². The van der Waals surface area contributed by atoms with E-state index < -0.39 is 11.6 Å². The molecule has 0 radical (unpaired) electrons. The van der Waals surface area contributed by atoms with E-state index in [9.17, 15) is 8.78 Å². The van der Waals surface area contributed by atoms with E-state index in [1.807, 2.05) is 0 Å². The van der Waals surface area contributed by atoms with Gasteiger partial charge in [0.1, 0.15) is 5.82 Å². The minimum atomic E-state index is -0.620. The fourth-order valence-corrected chi connectivity index (χ4v) is 2.05. The Labute approximate surface area is 109 Å². The van der Waals surface area contributed by atoms with Crippen molar-refractivity contribution in [3.8, 4) is 16.9 Å². The maximum Gasteiger partial charge on any atom is 0.165 e. The van der Waals surface area contributed by atoms with E-state index in [1.54, 1.807) is 18.7 Å². The number of hydrogen-bond donors (Lipinski definition) is 1. The first-order valence-corrected chi connectivity index (χ1v) is 5.75. The average molecular weight is 267 g/mol. The van der Waals surface area contributed by atoms with E-state index >= 15 is 0 Å². The number of aromatic nitrogens is 2. The normalized spacial score (nSPS) is 10.8. The second-order valence-electron chi connectivity index (χ2n) is 4.20. The molecule has 2 N–H and O–H groups in total. The quantitative estimate of drug-likeness (QED) is 0.927. The maximum absolute atomic E-state index is 14.1. The topological polar surface area (TPSA) is 53.1 Å². The Kier molecular flexibility index (Phi) is 3.53. The van der Waals surface area contributed by atoms with Crippen LogP contribution in [0.15, 0.2) is 12.1 Å². The molecule has 1 heterocycles. The minimum absolute atomic E-state index is 0.128. The Hall–Kier alpha value is -1.95. The monoisotopic (exact) mass is 267 g/mol. The molecule has 0 aliphatic carbocycles. The van der Waals surface area contributed by atoms with Crippen molar-refractivity contribution in [3.05, 3.63) is 35.2 Å². The summed E-state index contributed by atoms with van der Waals surface area (Å²) in [5.41, 5.74) is 7.53. The standard InChI is InChI=1S/C13H15F2N3O/c1-7-13(11(6-16)17-18(7)2)8-4-10(15)12(19-3)5-9(8)14/h4-5H,6,16H2,1-3H3. The van der Waals surface area contributed by atoms with Crippen molar-refractivity contribution >= 4 is 0 Å². The molecule has 0 saturated heterocycles. The van der Waals surface area contributed by atoms with Crippen molar-refractivity contribution in [2.45, 2.75) is 13.5 Å². The van der Waals surface area contributed by atoms with E-state index in [1.165, 1.54) is 7.11 Å². The Morgan fingerprint density at radius 1 is 1.32 bits per heavy atom. The van der Waals surface area contributed by atoms with Gasteiger partial charge in [-0.2, -0.15) is 5.10 Å². The summed E-state index contributed by atoms with van der Waals surface area (Å²) < 4.78 is 34.2. The lowest BCUT2D eigenvalue weighted by atomic mass is 10.0. The predicted molar refractivity (Wildman–Crippen MR) is 67.7 cm³/mol. The first-order chi connectivity index (χ1) is 8.99. The van der Waals surface area contributed by atoms with Gasteiger partial charge in [-0.25, -0.2) is 8.78 Å². The molecule has 102 valence electrons. The van der Waals surface area contributed by atoms with Crippen LogP contribution in [-0.2, 0) is 13.6 Å². The molecule has 0 spiro atoms. The molecule has 0 aliphatic rings. The van der Waals surface area contributed by atoms with Crippen LogP contribution in [0.25, 0.3) is 11.1 Å². The third kappa shape index (κ3) is 2.19. The largest absolute Gasteiger partial charge is 0.494 e. The van der Waals surface area contributed by atoms with Crippen LogP contribution < -0.4 is 10.5 Å². The van der Waals surface area contributed by atoms with Crippen LogP contribution in [0.4, 0.5) is 8.78 Å². The molecule has 2 rings (SSSR count). The summed E-state index contributed by atoms with van der Waals surface area (Å²) in [7, 11) is 3.02. The van der Waals surface area contributed by atoms with Gasteiger partial charge in [-0.1, -0.05) is 0 Å². The summed E-state index contributed by atoms with van der Waals surface area (Å²) in [6, 6.07) is 2.13. The fourth-order valence-electron chi connectivity index (χ4n) is 2.05. The van der Waals surface area contributed by atoms with Crippen molar-refractivity contribution in [1.29, 1.82) is 0 Å². The molecule has 0 bridgehead atoms. The van der Waals surface area contributed by atoms with Gasteiger partial charge in [-0.05, 0) is 13.0 Å². The summed E-state index contributed by atoms with van der Waals surface area (Å²) in [4.78, 5) is 0. The number of aryl methyl sites for hydroxylation is 1. The molecule has 6 heteroatoms. The molecule has 2 aromatic rings. The van der Waals surface area contributed by atoms with Gasteiger partial charge in [0.2, 0.25) is 0 Å². The van der Waals surface area contributed by atoms with Crippen molar-refractivity contribution < 1.29 is 13.5 Å². The second kappa shape index (κ2) is 4.97. The Morgan fingerprint density at radius 3 is 2.58 bits per heavy atom. The number of halogens is 2. The van der Waals surface area contributed by atoms with Crippen LogP contribution in [0.2, 0.25) is 0 Å². The van der Waals surface area contributed by atoms with Crippen LogP contribution in [-0.4, -0.2) is 16.9 Å². The maximum atomic E-state index is 14.1. The molecule has 0 aliphatic heterocycles. The minimum Gasteiger partial charge on any atom is -0.494 e. The van der Waals surface area contributed by atoms with Gasteiger partial charge in [-0.15, -0.1) is 0 Å². The van der Waals surface area contributed by atoms with Crippen LogP contribution >= 0.6 is 0 Å². The molecule has 0 saturated carbocycles. The summed E-state index contributed by atoms with van der Waals surface area (Å²) in [5.74, 6) is -1.31. The molecular formula is C13H15F2N3O. The van der Waals surface area contributed by atoms with E-state index in [2.05, 4.69) is 5.10 Å². The van der Waals surface area contributed by atoms with Crippen molar-refractivity contribution in [2.75, 3.05) is 7.11 Å². The number of benzene rings is 1. The van der Waals surface area contributed by atoms with Crippen LogP contribution in [0.1, 0.15) is 11.4 Å². The van der Waals surface area contributed by atoms with E-state index in [4.69, 9.17) is 10.5 Å². The van der Waals surface area contributed by atoms with Gasteiger partial charge in [0.25, 0.3) is 0 Å². The Bertz CT molecular complexity index is 623. The van der Waals surface area contributed by atoms with Crippen LogP contribution in [0.5, 0.6) is 5.75 Å². The van der Waals surface area contributed by atoms with E-state index in [0.29, 0.717) is 11.3 Å². The Morgan fingerprint density at radius 2 is 2.00 bits per heavy atom. The molecule has 19 heavy (non-hydrogen) atoms. The number of nitrogens with zero attached hydrogens (tertiary/aromatic N) is 2. The van der Waals surface area contributed by atoms with Crippen molar-refractivity contribution in [3.63, 3.8) is 0 Å². The smallest absolute Gasteiger partial charge is 0.165 e. The zero-order valence-electron chi connectivity index (χ0n) is 11.0. The SMILES string of the molecule is COc1cc(F)c(-c2c(CN)nn(C)c2C)cc1F. The van der Waals surface area contributed by atoms with Crippen LogP contribution in [0.3, 0.4) is 0 Å². The number of nitrogens with two attached hydrogens (primary N) is 1. The summed E-state index contributed by atoms with van der Waals surface area (Å²) in [6.45, 7) is 1.94. The van der Waals surface area contributed by atoms with Gasteiger partial charge < -0.3 is 10.5 Å². The highest BCUT2D eigenvalue weighted by molar-refractivity contribution is 5.70. The molecule has 0 amide bonds. The summed E-state index contributed by atoms with van der Waals surface area (Å²) in [6.07, 6.45) is 0. The number of hydrogen-bond acceptors (Lipinski definition) is 3.